The van der Waals surface area contributed by atoms with Gasteiger partial charge in [0.05, 0.1) is 11.1 Å². The van der Waals surface area contributed by atoms with Crippen LogP contribution in [-0.2, 0) is 7.05 Å². The number of pyridine rings is 1. The Morgan fingerprint density at radius 2 is 2.18 bits per heavy atom. The van der Waals surface area contributed by atoms with Gasteiger partial charge >= 0.3 is 0 Å². The zero-order chi connectivity index (χ0) is 12.3. The monoisotopic (exact) mass is 247 g/mol. The Morgan fingerprint density at radius 1 is 1.35 bits per heavy atom. The van der Waals surface area contributed by atoms with Gasteiger partial charge in [0.2, 0.25) is 0 Å². The summed E-state index contributed by atoms with van der Waals surface area (Å²) in [6, 6.07) is 3.68. The van der Waals surface area contributed by atoms with Crippen LogP contribution in [0.2, 0.25) is 0 Å². The van der Waals surface area contributed by atoms with Crippen LogP contribution in [0.4, 0.5) is 0 Å². The number of nitrogens with zero attached hydrogens (tertiary/aromatic N) is 3. The topological polar surface area (TPSA) is 47.8 Å². The van der Waals surface area contributed by atoms with Gasteiger partial charge in [-0.25, -0.2) is 0 Å². The van der Waals surface area contributed by atoms with E-state index in [-0.39, 0.29) is 5.78 Å². The predicted molar refractivity (Wildman–Crippen MR) is 66.2 cm³/mol. The van der Waals surface area contributed by atoms with E-state index in [2.05, 4.69) is 10.1 Å². The zero-order valence-corrected chi connectivity index (χ0v) is 10.6. The quantitative estimate of drug-likeness (QED) is 0.779. The number of Topliss-reactive ketones (excluding diaryl/α,β-unsaturated/α-hetero) is 1. The van der Waals surface area contributed by atoms with Gasteiger partial charge in [-0.1, -0.05) is 18.7 Å². The van der Waals surface area contributed by atoms with Crippen molar-refractivity contribution in [3.8, 4) is 0 Å². The minimum atomic E-state index is 0.0722. The zero-order valence-electron chi connectivity index (χ0n) is 9.75. The molecule has 4 nitrogen and oxygen atoms in total. The lowest BCUT2D eigenvalue weighted by Crippen LogP contribution is -1.99. The van der Waals surface area contributed by atoms with E-state index in [9.17, 15) is 4.79 Å². The molecule has 2 rings (SSSR count). The molecule has 0 unspecified atom stereocenters. The third-order valence-corrected chi connectivity index (χ3v) is 3.18. The third kappa shape index (κ3) is 2.94. The molecule has 0 aliphatic heterocycles. The maximum atomic E-state index is 11.4. The van der Waals surface area contributed by atoms with Crippen molar-refractivity contribution in [2.24, 2.45) is 7.05 Å². The first-order chi connectivity index (χ1) is 8.19. The second-order valence-electron chi connectivity index (χ2n) is 3.61. The Kier molecular flexibility index (Phi) is 3.58. The molecule has 2 aromatic rings. The molecule has 0 N–H and O–H groups in total. The number of aryl methyl sites for hydroxylation is 1. The summed E-state index contributed by atoms with van der Waals surface area (Å²) >= 11 is 1.58. The highest BCUT2D eigenvalue weighted by atomic mass is 32.2. The van der Waals surface area contributed by atoms with Crippen LogP contribution in [0.5, 0.6) is 0 Å². The lowest BCUT2D eigenvalue weighted by molar-refractivity contribution is 0.0983. The van der Waals surface area contributed by atoms with Crippen molar-refractivity contribution in [3.63, 3.8) is 0 Å². The largest absolute Gasteiger partial charge is 0.292 e. The molecule has 0 bridgehead atoms. The molecular weight excluding hydrogens is 234 g/mol. The number of hydrogen-bond donors (Lipinski definition) is 0. The van der Waals surface area contributed by atoms with Crippen LogP contribution < -0.4 is 0 Å². The summed E-state index contributed by atoms with van der Waals surface area (Å²) in [4.78, 5) is 17.6. The van der Waals surface area contributed by atoms with Gasteiger partial charge in [-0.3, -0.25) is 14.5 Å². The van der Waals surface area contributed by atoms with E-state index in [0.717, 1.165) is 9.79 Å². The summed E-state index contributed by atoms with van der Waals surface area (Å²) in [5.41, 5.74) is 0.531. The highest BCUT2D eigenvalue weighted by Gasteiger charge is 2.05. The van der Waals surface area contributed by atoms with Gasteiger partial charge in [-0.15, -0.1) is 0 Å². The van der Waals surface area contributed by atoms with Crippen LogP contribution in [0.3, 0.4) is 0 Å². The van der Waals surface area contributed by atoms with E-state index < -0.39 is 0 Å². The molecule has 0 saturated heterocycles. The normalized spacial score (nSPS) is 10.5. The number of carbonyl (C=O) groups is 1. The second kappa shape index (κ2) is 5.14. The van der Waals surface area contributed by atoms with Gasteiger partial charge < -0.3 is 0 Å². The second-order valence-corrected chi connectivity index (χ2v) is 4.75. The van der Waals surface area contributed by atoms with E-state index >= 15 is 0 Å². The number of carbonyl (C=O) groups excluding carboxylic acids is 1. The lowest BCUT2D eigenvalue weighted by Gasteiger charge is -2.00. The average molecular weight is 247 g/mol. The maximum Gasteiger partial charge on any atom is 0.180 e. The summed E-state index contributed by atoms with van der Waals surface area (Å²) in [5.74, 6) is 0.0722. The molecule has 5 heteroatoms. The molecule has 88 valence electrons. The van der Waals surface area contributed by atoms with Crippen LogP contribution in [-0.4, -0.2) is 20.5 Å². The minimum absolute atomic E-state index is 0.0722. The van der Waals surface area contributed by atoms with Crippen molar-refractivity contribution in [1.29, 1.82) is 0 Å². The Bertz CT molecular complexity index is 519. The molecule has 17 heavy (non-hydrogen) atoms. The minimum Gasteiger partial charge on any atom is -0.292 e. The fourth-order valence-electron chi connectivity index (χ4n) is 1.37. The molecule has 0 aromatic carbocycles. The number of rotatable bonds is 4. The Hall–Kier alpha value is -1.62. The number of ketones is 1. The van der Waals surface area contributed by atoms with Gasteiger partial charge in [0.15, 0.2) is 5.78 Å². The highest BCUT2D eigenvalue weighted by molar-refractivity contribution is 7.99. The van der Waals surface area contributed by atoms with E-state index in [0.29, 0.717) is 12.1 Å². The third-order valence-electron chi connectivity index (χ3n) is 2.26. The molecule has 0 aliphatic rings. The molecule has 0 amide bonds. The fourth-order valence-corrected chi connectivity index (χ4v) is 2.19. The lowest BCUT2D eigenvalue weighted by atomic mass is 10.2. The molecule has 2 aromatic heterocycles. The van der Waals surface area contributed by atoms with E-state index in [4.69, 9.17) is 0 Å². The smallest absolute Gasteiger partial charge is 0.180 e. The average Bonchev–Trinajstić information content (AvgIpc) is 2.75. The first kappa shape index (κ1) is 11.9. The Labute approximate surface area is 104 Å². The van der Waals surface area contributed by atoms with E-state index in [1.807, 2.05) is 26.2 Å². The van der Waals surface area contributed by atoms with Crippen molar-refractivity contribution in [3.05, 3.63) is 36.4 Å². The molecule has 0 radical (unpaired) electrons. The van der Waals surface area contributed by atoms with Crippen molar-refractivity contribution in [2.45, 2.75) is 23.1 Å². The molecule has 0 fully saturated rings. The summed E-state index contributed by atoms with van der Waals surface area (Å²) in [5, 5.41) is 4.09. The molecular formula is C12H13N3OS. The van der Waals surface area contributed by atoms with Gasteiger partial charge in [0, 0.05) is 30.8 Å². The van der Waals surface area contributed by atoms with Crippen molar-refractivity contribution in [1.82, 2.24) is 14.8 Å². The van der Waals surface area contributed by atoms with Crippen molar-refractivity contribution < 1.29 is 4.79 Å². The Balaban J connectivity index is 2.10. The van der Waals surface area contributed by atoms with Crippen molar-refractivity contribution >= 4 is 17.5 Å². The first-order valence-corrected chi connectivity index (χ1v) is 6.16. The van der Waals surface area contributed by atoms with Gasteiger partial charge in [0.1, 0.15) is 5.69 Å². The van der Waals surface area contributed by atoms with E-state index in [1.165, 1.54) is 0 Å². The fraction of sp³-hybridized carbons (Fsp3) is 0.250. The molecule has 0 aliphatic carbocycles. The molecule has 0 atom stereocenters. The molecule has 0 saturated carbocycles. The van der Waals surface area contributed by atoms with Crippen LogP contribution in [0.1, 0.15) is 23.8 Å². The summed E-state index contributed by atoms with van der Waals surface area (Å²) in [6.45, 7) is 1.84. The van der Waals surface area contributed by atoms with E-state index in [1.54, 1.807) is 34.9 Å². The SMILES string of the molecule is CCC(=O)c1ccc(Sc2cnn(C)c2)cn1. The van der Waals surface area contributed by atoms with Gasteiger partial charge in [-0.05, 0) is 12.1 Å². The van der Waals surface area contributed by atoms with Gasteiger partial charge in [0.25, 0.3) is 0 Å². The van der Waals surface area contributed by atoms with Crippen LogP contribution in [0.15, 0.2) is 40.5 Å². The van der Waals surface area contributed by atoms with Gasteiger partial charge in [-0.2, -0.15) is 5.10 Å². The van der Waals surface area contributed by atoms with Crippen LogP contribution in [0, 0.1) is 0 Å². The standard InChI is InChI=1S/C12H13N3OS/c1-3-12(16)11-5-4-9(6-13-11)17-10-7-14-15(2)8-10/h4-8H,3H2,1-2H3. The summed E-state index contributed by atoms with van der Waals surface area (Å²) in [6.07, 6.45) is 5.95. The van der Waals surface area contributed by atoms with Crippen molar-refractivity contribution in [2.75, 3.05) is 0 Å². The predicted octanol–water partition coefficient (Wildman–Crippen LogP) is 2.56. The number of hydrogen-bond acceptors (Lipinski definition) is 4. The maximum absolute atomic E-state index is 11.4. The summed E-state index contributed by atoms with van der Waals surface area (Å²) in [7, 11) is 1.88. The highest BCUT2D eigenvalue weighted by Crippen LogP contribution is 2.26. The summed E-state index contributed by atoms with van der Waals surface area (Å²) < 4.78 is 1.75. The Morgan fingerprint density at radius 3 is 2.71 bits per heavy atom. The molecule has 0 spiro atoms. The molecule has 2 heterocycles. The van der Waals surface area contributed by atoms with Crippen LogP contribution in [0.25, 0.3) is 0 Å². The van der Waals surface area contributed by atoms with Crippen LogP contribution >= 0.6 is 11.8 Å². The first-order valence-electron chi connectivity index (χ1n) is 5.35. The number of aromatic nitrogens is 3.